The van der Waals surface area contributed by atoms with E-state index in [2.05, 4.69) is 0 Å². The van der Waals surface area contributed by atoms with Gasteiger partial charge < -0.3 is 37.9 Å². The number of ether oxygens (including phenoxy) is 8. The first-order valence-corrected chi connectivity index (χ1v) is 12.5. The lowest BCUT2D eigenvalue weighted by molar-refractivity contribution is -0.384. The SMILES string of the molecule is COC(=O)[C@H]1O[C@@H](Oc2ccccc2COC(=O)Oc2ccc([N+](=O)[O-])cc2)[C@H](OC(C)=O)[C@@H](OC(C)=O)[C@@H]1OC(C)=O. The number of methoxy groups -OCH3 is 1. The van der Waals surface area contributed by atoms with Gasteiger partial charge in [-0.3, -0.25) is 24.5 Å². The molecule has 1 fully saturated rings. The molecule has 2 aromatic carbocycles. The van der Waals surface area contributed by atoms with E-state index in [9.17, 15) is 34.1 Å². The van der Waals surface area contributed by atoms with E-state index < -0.39 is 72.3 Å². The molecular formula is C27H27NO15. The summed E-state index contributed by atoms with van der Waals surface area (Å²) in [5, 5.41) is 10.8. The normalized spacial score (nSPS) is 21.0. The second-order valence-corrected chi connectivity index (χ2v) is 8.79. The third-order valence-corrected chi connectivity index (χ3v) is 5.64. The molecule has 16 nitrogen and oxygen atoms in total. The van der Waals surface area contributed by atoms with Crippen molar-refractivity contribution in [3.63, 3.8) is 0 Å². The van der Waals surface area contributed by atoms with Gasteiger partial charge in [-0.1, -0.05) is 18.2 Å². The summed E-state index contributed by atoms with van der Waals surface area (Å²) in [4.78, 5) is 70.9. The molecular weight excluding hydrogens is 578 g/mol. The smallest absolute Gasteiger partial charge is 0.467 e. The Bertz CT molecular complexity index is 1360. The van der Waals surface area contributed by atoms with Crippen molar-refractivity contribution in [2.24, 2.45) is 0 Å². The van der Waals surface area contributed by atoms with Crippen LogP contribution >= 0.6 is 0 Å². The molecule has 0 aromatic heterocycles. The highest BCUT2D eigenvalue weighted by Gasteiger charge is 2.56. The van der Waals surface area contributed by atoms with Crippen LogP contribution in [0.15, 0.2) is 48.5 Å². The Morgan fingerprint density at radius 1 is 0.837 bits per heavy atom. The van der Waals surface area contributed by atoms with Gasteiger partial charge in [0, 0.05) is 38.5 Å². The van der Waals surface area contributed by atoms with E-state index in [-0.39, 0.29) is 22.7 Å². The highest BCUT2D eigenvalue weighted by molar-refractivity contribution is 5.77. The maximum Gasteiger partial charge on any atom is 0.514 e. The Labute approximate surface area is 243 Å². The average Bonchev–Trinajstić information content (AvgIpc) is 2.94. The van der Waals surface area contributed by atoms with Crippen molar-refractivity contribution in [2.75, 3.05) is 7.11 Å². The Morgan fingerprint density at radius 2 is 1.42 bits per heavy atom. The maximum absolute atomic E-state index is 12.6. The van der Waals surface area contributed by atoms with Crippen molar-refractivity contribution < 1.29 is 66.8 Å². The molecule has 16 heteroatoms. The third kappa shape index (κ3) is 8.87. The van der Waals surface area contributed by atoms with Crippen LogP contribution in [0.2, 0.25) is 0 Å². The molecule has 1 aliphatic heterocycles. The zero-order valence-corrected chi connectivity index (χ0v) is 23.3. The molecule has 0 aliphatic carbocycles. The van der Waals surface area contributed by atoms with E-state index >= 15 is 0 Å². The van der Waals surface area contributed by atoms with Crippen molar-refractivity contribution in [3.8, 4) is 11.5 Å². The monoisotopic (exact) mass is 605 g/mol. The molecule has 230 valence electrons. The lowest BCUT2D eigenvalue weighted by Crippen LogP contribution is -2.64. The number of hydrogen-bond donors (Lipinski definition) is 0. The Balaban J connectivity index is 1.85. The molecule has 1 heterocycles. The van der Waals surface area contributed by atoms with Gasteiger partial charge >= 0.3 is 30.0 Å². The number of nitrogens with zero attached hydrogens (tertiary/aromatic N) is 1. The topological polar surface area (TPSA) is 202 Å². The lowest BCUT2D eigenvalue weighted by atomic mass is 9.97. The number of nitro benzene ring substituents is 1. The van der Waals surface area contributed by atoms with Crippen molar-refractivity contribution in [3.05, 3.63) is 64.2 Å². The van der Waals surface area contributed by atoms with Crippen molar-refractivity contribution in [1.82, 2.24) is 0 Å². The standard InChI is InChI=1S/C27H27NO15/c1-14(29)38-21-22(39-15(2)30)24(40-16(3)31)26(43-23(21)25(32)36-4)42-20-8-6-5-7-17(20)13-37-27(33)41-19-11-9-18(10-12-19)28(34)35/h5-12,21-24,26H,13H2,1-4H3/t21-,22-,23-,24+,26+/m0/s1. The van der Waals surface area contributed by atoms with E-state index in [0.29, 0.717) is 0 Å². The molecule has 0 spiro atoms. The van der Waals surface area contributed by atoms with Crippen LogP contribution in [0, 0.1) is 10.1 Å². The molecule has 43 heavy (non-hydrogen) atoms. The third-order valence-electron chi connectivity index (χ3n) is 5.64. The quantitative estimate of drug-likeness (QED) is 0.125. The lowest BCUT2D eigenvalue weighted by Gasteiger charge is -2.43. The summed E-state index contributed by atoms with van der Waals surface area (Å²) in [6.07, 6.45) is -9.13. The van der Waals surface area contributed by atoms with E-state index in [1.54, 1.807) is 12.1 Å². The Morgan fingerprint density at radius 3 is 2.00 bits per heavy atom. The second kappa shape index (κ2) is 14.6. The van der Waals surface area contributed by atoms with Gasteiger partial charge in [0.05, 0.1) is 12.0 Å². The van der Waals surface area contributed by atoms with Gasteiger partial charge in [-0.15, -0.1) is 0 Å². The van der Waals surface area contributed by atoms with Gasteiger partial charge in [-0.05, 0) is 18.2 Å². The van der Waals surface area contributed by atoms with Gasteiger partial charge in [0.15, 0.2) is 18.3 Å². The second-order valence-electron chi connectivity index (χ2n) is 8.79. The van der Waals surface area contributed by atoms with Gasteiger partial charge in [-0.25, -0.2) is 9.59 Å². The molecule has 0 radical (unpaired) electrons. The minimum atomic E-state index is -1.67. The fourth-order valence-corrected chi connectivity index (χ4v) is 3.94. The summed E-state index contributed by atoms with van der Waals surface area (Å²) in [7, 11) is 1.05. The number of esters is 4. The number of hydrogen-bond acceptors (Lipinski definition) is 15. The van der Waals surface area contributed by atoms with E-state index in [4.69, 9.17) is 37.9 Å². The van der Waals surface area contributed by atoms with Crippen LogP contribution < -0.4 is 9.47 Å². The molecule has 1 aliphatic rings. The fourth-order valence-electron chi connectivity index (χ4n) is 3.94. The van der Waals surface area contributed by atoms with Crippen LogP contribution in [0.4, 0.5) is 10.5 Å². The molecule has 0 bridgehead atoms. The first-order chi connectivity index (χ1) is 20.4. The Hall–Kier alpha value is -5.25. The molecule has 0 saturated carbocycles. The minimum Gasteiger partial charge on any atom is -0.467 e. The molecule has 1 saturated heterocycles. The molecule has 3 rings (SSSR count). The predicted molar refractivity (Wildman–Crippen MR) is 138 cm³/mol. The fraction of sp³-hybridized carbons (Fsp3) is 0.370. The highest BCUT2D eigenvalue weighted by Crippen LogP contribution is 2.32. The summed E-state index contributed by atoms with van der Waals surface area (Å²) < 4.78 is 42.5. The first-order valence-electron chi connectivity index (χ1n) is 12.5. The van der Waals surface area contributed by atoms with Crippen molar-refractivity contribution in [1.29, 1.82) is 0 Å². The Kier molecular flexibility index (Phi) is 10.9. The van der Waals surface area contributed by atoms with E-state index in [0.717, 1.165) is 40.0 Å². The van der Waals surface area contributed by atoms with Crippen LogP contribution in [0.5, 0.6) is 11.5 Å². The van der Waals surface area contributed by atoms with Gasteiger partial charge in [0.25, 0.3) is 5.69 Å². The summed E-state index contributed by atoms with van der Waals surface area (Å²) in [5.74, 6) is -3.55. The predicted octanol–water partition coefficient (Wildman–Crippen LogP) is 2.38. The average molecular weight is 606 g/mol. The van der Waals surface area contributed by atoms with E-state index in [1.165, 1.54) is 24.3 Å². The largest absolute Gasteiger partial charge is 0.514 e. The van der Waals surface area contributed by atoms with Crippen LogP contribution in [-0.2, 0) is 54.2 Å². The van der Waals surface area contributed by atoms with Gasteiger partial charge in [-0.2, -0.15) is 0 Å². The number of para-hydroxylation sites is 1. The summed E-state index contributed by atoms with van der Waals surface area (Å²) in [6.45, 7) is 2.76. The van der Waals surface area contributed by atoms with Crippen LogP contribution in [0.1, 0.15) is 26.3 Å². The number of non-ortho nitro benzene ring substituents is 1. The number of carbonyl (C=O) groups is 5. The summed E-state index contributed by atoms with van der Waals surface area (Å²) >= 11 is 0. The number of rotatable bonds is 10. The number of carbonyl (C=O) groups excluding carboxylic acids is 5. The van der Waals surface area contributed by atoms with Crippen LogP contribution in [-0.4, -0.2) is 72.8 Å². The van der Waals surface area contributed by atoms with Crippen LogP contribution in [0.25, 0.3) is 0 Å². The van der Waals surface area contributed by atoms with Crippen molar-refractivity contribution >= 4 is 35.7 Å². The molecule has 0 N–H and O–H groups in total. The van der Waals surface area contributed by atoms with Crippen LogP contribution in [0.3, 0.4) is 0 Å². The highest BCUT2D eigenvalue weighted by atomic mass is 16.7. The number of benzene rings is 2. The van der Waals surface area contributed by atoms with Crippen molar-refractivity contribution in [2.45, 2.75) is 58.1 Å². The molecule has 2 aromatic rings. The minimum absolute atomic E-state index is 0.00679. The maximum atomic E-state index is 12.6. The first kappa shape index (κ1) is 32.3. The summed E-state index contributed by atoms with van der Waals surface area (Å²) in [5.41, 5.74) is 0.0578. The van der Waals surface area contributed by atoms with E-state index in [1.807, 2.05) is 0 Å². The zero-order valence-electron chi connectivity index (χ0n) is 23.3. The summed E-state index contributed by atoms with van der Waals surface area (Å²) in [6, 6.07) is 10.8. The molecule has 0 unspecified atom stereocenters. The van der Waals surface area contributed by atoms with Gasteiger partial charge in [0.1, 0.15) is 18.1 Å². The molecule has 5 atom stereocenters. The molecule has 0 amide bonds. The zero-order chi connectivity index (χ0) is 31.7. The number of nitro groups is 1. The van der Waals surface area contributed by atoms with Gasteiger partial charge in [0.2, 0.25) is 12.4 Å².